The van der Waals surface area contributed by atoms with Crippen molar-refractivity contribution in [1.82, 2.24) is 0 Å². The molecule has 0 aliphatic rings. The van der Waals surface area contributed by atoms with Gasteiger partial charge in [-0.15, -0.1) is 0 Å². The Morgan fingerprint density at radius 1 is 1.13 bits per heavy atom. The first kappa shape index (κ1) is 17.2. The molecule has 7 heteroatoms. The van der Waals surface area contributed by atoms with Crippen molar-refractivity contribution in [2.75, 3.05) is 5.32 Å². The number of hydrogen-bond acceptors (Lipinski definition) is 3. The normalized spacial score (nSPS) is 11.7. The van der Waals surface area contributed by atoms with Crippen molar-refractivity contribution in [3.05, 3.63) is 63.9 Å². The molecule has 2 aromatic rings. The van der Waals surface area contributed by atoms with Gasteiger partial charge in [-0.25, -0.2) is 9.18 Å². The number of anilines is 1. The van der Waals surface area contributed by atoms with Crippen molar-refractivity contribution in [2.24, 2.45) is 0 Å². The Labute approximate surface area is 142 Å². The van der Waals surface area contributed by atoms with E-state index in [2.05, 4.69) is 5.32 Å². The minimum absolute atomic E-state index is 0.176. The molecular weight excluding hydrogens is 344 g/mol. The SMILES string of the molecule is CC(OC(=O)c1ccccc1F)C(=O)Nc1cccc(Cl)c1Cl. The van der Waals surface area contributed by atoms with Crippen LogP contribution in [-0.4, -0.2) is 18.0 Å². The van der Waals surface area contributed by atoms with Gasteiger partial charge in [0.15, 0.2) is 6.10 Å². The van der Waals surface area contributed by atoms with Crippen LogP contribution in [0.15, 0.2) is 42.5 Å². The molecule has 1 N–H and O–H groups in total. The minimum atomic E-state index is -1.14. The summed E-state index contributed by atoms with van der Waals surface area (Å²) in [7, 11) is 0. The van der Waals surface area contributed by atoms with Crippen LogP contribution in [0.4, 0.5) is 10.1 Å². The highest BCUT2D eigenvalue weighted by Crippen LogP contribution is 2.29. The Morgan fingerprint density at radius 2 is 1.83 bits per heavy atom. The van der Waals surface area contributed by atoms with Gasteiger partial charge >= 0.3 is 5.97 Å². The lowest BCUT2D eigenvalue weighted by molar-refractivity contribution is -0.123. The number of halogens is 3. The molecule has 0 radical (unpaired) electrons. The van der Waals surface area contributed by atoms with Gasteiger partial charge in [-0.2, -0.15) is 0 Å². The maximum Gasteiger partial charge on any atom is 0.341 e. The van der Waals surface area contributed by atoms with Gasteiger partial charge in [0, 0.05) is 0 Å². The van der Waals surface area contributed by atoms with E-state index in [0.717, 1.165) is 6.07 Å². The van der Waals surface area contributed by atoms with Gasteiger partial charge in [0.05, 0.1) is 21.3 Å². The monoisotopic (exact) mass is 355 g/mol. The summed E-state index contributed by atoms with van der Waals surface area (Å²) < 4.78 is 18.5. The number of rotatable bonds is 4. The molecule has 0 saturated heterocycles. The number of esters is 1. The molecule has 23 heavy (non-hydrogen) atoms. The maximum absolute atomic E-state index is 13.5. The molecule has 120 valence electrons. The van der Waals surface area contributed by atoms with Crippen molar-refractivity contribution in [1.29, 1.82) is 0 Å². The molecule has 0 aliphatic carbocycles. The van der Waals surface area contributed by atoms with E-state index in [1.807, 2.05) is 0 Å². The van der Waals surface area contributed by atoms with Gasteiger partial charge < -0.3 is 10.1 Å². The van der Waals surface area contributed by atoms with Crippen LogP contribution in [0.1, 0.15) is 17.3 Å². The van der Waals surface area contributed by atoms with E-state index in [4.69, 9.17) is 27.9 Å². The quantitative estimate of drug-likeness (QED) is 0.831. The molecule has 0 heterocycles. The molecule has 2 rings (SSSR count). The van der Waals surface area contributed by atoms with Crippen LogP contribution < -0.4 is 5.32 Å². The van der Waals surface area contributed by atoms with E-state index >= 15 is 0 Å². The summed E-state index contributed by atoms with van der Waals surface area (Å²) >= 11 is 11.8. The first-order valence-corrected chi connectivity index (χ1v) is 7.36. The summed E-state index contributed by atoms with van der Waals surface area (Å²) in [6, 6.07) is 10.1. The lowest BCUT2D eigenvalue weighted by Crippen LogP contribution is -2.30. The van der Waals surface area contributed by atoms with Crippen molar-refractivity contribution in [3.8, 4) is 0 Å². The maximum atomic E-state index is 13.5. The predicted molar refractivity (Wildman–Crippen MR) is 86.4 cm³/mol. The highest BCUT2D eigenvalue weighted by atomic mass is 35.5. The molecule has 0 fully saturated rings. The second-order valence-corrected chi connectivity index (χ2v) is 5.40. The number of hydrogen-bond donors (Lipinski definition) is 1. The van der Waals surface area contributed by atoms with Crippen LogP contribution >= 0.6 is 23.2 Å². The van der Waals surface area contributed by atoms with Crippen LogP contribution in [0, 0.1) is 5.82 Å². The fourth-order valence-electron chi connectivity index (χ4n) is 1.74. The minimum Gasteiger partial charge on any atom is -0.449 e. The second-order valence-electron chi connectivity index (χ2n) is 4.62. The van der Waals surface area contributed by atoms with Crippen molar-refractivity contribution >= 4 is 40.8 Å². The molecule has 0 aliphatic heterocycles. The van der Waals surface area contributed by atoms with E-state index in [9.17, 15) is 14.0 Å². The highest BCUT2D eigenvalue weighted by molar-refractivity contribution is 6.44. The van der Waals surface area contributed by atoms with Crippen LogP contribution in [0.2, 0.25) is 10.0 Å². The molecule has 2 aromatic carbocycles. The topological polar surface area (TPSA) is 55.4 Å². The van der Waals surface area contributed by atoms with Crippen LogP contribution in [0.5, 0.6) is 0 Å². The molecule has 0 bridgehead atoms. The molecule has 0 saturated carbocycles. The summed E-state index contributed by atoms with van der Waals surface area (Å²) in [6.07, 6.45) is -1.14. The lowest BCUT2D eigenvalue weighted by Gasteiger charge is -2.14. The first-order chi connectivity index (χ1) is 10.9. The van der Waals surface area contributed by atoms with Gasteiger partial charge in [0.1, 0.15) is 5.82 Å². The zero-order chi connectivity index (χ0) is 17.0. The van der Waals surface area contributed by atoms with Gasteiger partial charge in [-0.1, -0.05) is 41.4 Å². The van der Waals surface area contributed by atoms with Crippen molar-refractivity contribution in [2.45, 2.75) is 13.0 Å². The summed E-state index contributed by atoms with van der Waals surface area (Å²) in [5.74, 6) is -2.26. The van der Waals surface area contributed by atoms with Crippen molar-refractivity contribution < 1.29 is 18.7 Å². The third kappa shape index (κ3) is 4.21. The van der Waals surface area contributed by atoms with E-state index in [-0.39, 0.29) is 21.3 Å². The Morgan fingerprint density at radius 3 is 2.52 bits per heavy atom. The average molecular weight is 356 g/mol. The molecule has 0 aromatic heterocycles. The zero-order valence-corrected chi connectivity index (χ0v) is 13.5. The number of carbonyl (C=O) groups excluding carboxylic acids is 2. The predicted octanol–water partition coefficient (Wildman–Crippen LogP) is 4.32. The molecule has 1 atom stereocenters. The molecule has 4 nitrogen and oxygen atoms in total. The largest absolute Gasteiger partial charge is 0.449 e. The number of carbonyl (C=O) groups is 2. The van der Waals surface area contributed by atoms with Crippen LogP contribution in [0.3, 0.4) is 0 Å². The summed E-state index contributed by atoms with van der Waals surface area (Å²) in [4.78, 5) is 23.9. The summed E-state index contributed by atoms with van der Waals surface area (Å²) in [6.45, 7) is 1.37. The molecule has 0 spiro atoms. The first-order valence-electron chi connectivity index (χ1n) is 6.60. The Kier molecular flexibility index (Phi) is 5.58. The van der Waals surface area contributed by atoms with E-state index in [0.29, 0.717) is 0 Å². The van der Waals surface area contributed by atoms with E-state index in [1.54, 1.807) is 18.2 Å². The smallest absolute Gasteiger partial charge is 0.341 e. The number of amides is 1. The number of benzene rings is 2. The van der Waals surface area contributed by atoms with Gasteiger partial charge in [0.2, 0.25) is 0 Å². The third-order valence-electron chi connectivity index (χ3n) is 2.96. The fraction of sp³-hybridized carbons (Fsp3) is 0.125. The van der Waals surface area contributed by atoms with Crippen LogP contribution in [0.25, 0.3) is 0 Å². The average Bonchev–Trinajstić information content (AvgIpc) is 2.52. The van der Waals surface area contributed by atoms with Crippen LogP contribution in [-0.2, 0) is 9.53 Å². The number of ether oxygens (including phenoxy) is 1. The molecular formula is C16H12Cl2FNO3. The summed E-state index contributed by atoms with van der Waals surface area (Å²) in [5.41, 5.74) is 0.0471. The Balaban J connectivity index is 2.04. The third-order valence-corrected chi connectivity index (χ3v) is 3.78. The van der Waals surface area contributed by atoms with E-state index < -0.39 is 23.8 Å². The van der Waals surface area contributed by atoms with Gasteiger partial charge in [-0.05, 0) is 31.2 Å². The fourth-order valence-corrected chi connectivity index (χ4v) is 2.09. The zero-order valence-electron chi connectivity index (χ0n) is 12.0. The van der Waals surface area contributed by atoms with Gasteiger partial charge in [-0.3, -0.25) is 4.79 Å². The van der Waals surface area contributed by atoms with Gasteiger partial charge in [0.25, 0.3) is 5.91 Å². The standard InChI is InChI=1S/C16H12Cl2FNO3/c1-9(23-16(22)10-5-2-3-7-12(10)19)15(21)20-13-8-4-6-11(17)14(13)18/h2-9H,1H3,(H,20,21). The Bertz CT molecular complexity index is 752. The van der Waals surface area contributed by atoms with E-state index in [1.165, 1.54) is 25.1 Å². The van der Waals surface area contributed by atoms with Crippen molar-refractivity contribution in [3.63, 3.8) is 0 Å². The molecule has 1 amide bonds. The lowest BCUT2D eigenvalue weighted by atomic mass is 10.2. The number of nitrogens with one attached hydrogen (secondary N) is 1. The second kappa shape index (κ2) is 7.44. The highest BCUT2D eigenvalue weighted by Gasteiger charge is 2.21. The molecule has 1 unspecified atom stereocenters. The summed E-state index contributed by atoms with van der Waals surface area (Å²) in [5, 5.41) is 2.95. The Hall–Kier alpha value is -2.11.